The quantitative estimate of drug-likeness (QED) is 0.528. The maximum atomic E-state index is 12.3. The van der Waals surface area contributed by atoms with Crippen molar-refractivity contribution in [2.45, 2.75) is 28.4 Å². The molecule has 0 rings (SSSR count). The molecule has 0 N–H and O–H groups in total. The Kier molecular flexibility index (Phi) is 5.69. The van der Waals surface area contributed by atoms with Crippen LogP contribution in [0.5, 0.6) is 0 Å². The normalized spacial score (nSPS) is 17.5. The number of halogens is 3. The van der Waals surface area contributed by atoms with Gasteiger partial charge in [-0.25, -0.2) is 4.39 Å². The highest BCUT2D eigenvalue weighted by Gasteiger charge is 2.35. The van der Waals surface area contributed by atoms with E-state index in [0.29, 0.717) is 0 Å². The average molecular weight is 253 g/mol. The lowest BCUT2D eigenvalue weighted by Crippen LogP contribution is -2.17. The molecule has 0 amide bonds. The van der Waals surface area contributed by atoms with Crippen LogP contribution in [-0.2, 0) is 0 Å². The number of rotatable bonds is 4. The average Bonchev–Trinajstić information content (AvgIpc) is 1.84. The molecule has 0 nitrogen and oxygen atoms in total. The summed E-state index contributed by atoms with van der Waals surface area (Å²) < 4.78 is 22.9. The van der Waals surface area contributed by atoms with Crippen LogP contribution in [0.25, 0.3) is 0 Å². The summed E-state index contributed by atoms with van der Waals surface area (Å²) >= 11 is 7.72. The third-order valence-corrected chi connectivity index (χ3v) is 4.56. The summed E-state index contributed by atoms with van der Waals surface area (Å²) in [7, 11) is 0. The van der Waals surface area contributed by atoms with Crippen LogP contribution in [0.2, 0.25) is 0 Å². The fraction of sp³-hybridized carbons (Fsp3) is 1.00. The van der Waals surface area contributed by atoms with Gasteiger partial charge >= 0.3 is 0 Å². The fourth-order valence-corrected chi connectivity index (χ4v) is 4.49. The van der Waals surface area contributed by atoms with Gasteiger partial charge in [0.2, 0.25) is 2.87 Å². The topological polar surface area (TPSA) is 0 Å². The zero-order valence-corrected chi connectivity index (χ0v) is 10.3. The standard InChI is InChI=1S/C6H11ClF2S3/c1-5(2,3)11-6(7,12-9)10-4-8/h4H2,1-3H3. The first-order valence-corrected chi connectivity index (χ1v) is 6.11. The van der Waals surface area contributed by atoms with Crippen LogP contribution in [0.1, 0.15) is 20.8 Å². The zero-order valence-electron chi connectivity index (χ0n) is 7.07. The molecule has 1 unspecified atom stereocenters. The first-order valence-electron chi connectivity index (χ1n) is 3.22. The van der Waals surface area contributed by atoms with E-state index in [1.54, 1.807) is 0 Å². The molecule has 0 fully saturated rings. The molecule has 0 bridgehead atoms. The molecule has 0 aliphatic heterocycles. The Morgan fingerprint density at radius 3 is 2.08 bits per heavy atom. The Hall–Kier alpha value is 1.20. The van der Waals surface area contributed by atoms with Gasteiger partial charge in [-0.05, 0) is 0 Å². The van der Waals surface area contributed by atoms with Gasteiger partial charge in [0.1, 0.15) is 6.01 Å². The molecule has 0 aromatic carbocycles. The summed E-state index contributed by atoms with van der Waals surface area (Å²) in [6, 6.07) is -0.677. The van der Waals surface area contributed by atoms with Crippen molar-refractivity contribution in [1.82, 2.24) is 0 Å². The van der Waals surface area contributed by atoms with Crippen molar-refractivity contribution in [2.75, 3.05) is 6.01 Å². The summed E-state index contributed by atoms with van der Waals surface area (Å²) in [6.45, 7) is 5.72. The minimum absolute atomic E-state index is 0.0250. The van der Waals surface area contributed by atoms with Gasteiger partial charge in [0.15, 0.2) is 0 Å². The van der Waals surface area contributed by atoms with Crippen molar-refractivity contribution in [3.8, 4) is 0 Å². The van der Waals surface area contributed by atoms with E-state index in [-0.39, 0.29) is 16.9 Å². The molecular formula is C6H11ClF2S3. The van der Waals surface area contributed by atoms with Crippen molar-refractivity contribution in [1.29, 1.82) is 0 Å². The lowest BCUT2D eigenvalue weighted by atomic mass is 10.3. The van der Waals surface area contributed by atoms with E-state index in [1.807, 2.05) is 20.8 Å². The van der Waals surface area contributed by atoms with E-state index >= 15 is 0 Å². The maximum absolute atomic E-state index is 12.3. The minimum atomic E-state index is -1.24. The molecule has 0 heterocycles. The smallest absolute Gasteiger partial charge is 0.214 e. The van der Waals surface area contributed by atoms with Gasteiger partial charge in [0.25, 0.3) is 0 Å². The largest absolute Gasteiger partial charge is 0.239 e. The first-order chi connectivity index (χ1) is 5.33. The lowest BCUT2D eigenvalue weighted by molar-refractivity contribution is 0.606. The predicted octanol–water partition coefficient (Wildman–Crippen LogP) is 4.65. The summed E-state index contributed by atoms with van der Waals surface area (Å²) in [5.74, 6) is 0. The summed E-state index contributed by atoms with van der Waals surface area (Å²) in [5, 5.41) is 0. The van der Waals surface area contributed by atoms with Gasteiger partial charge in [-0.3, -0.25) is 0 Å². The highest BCUT2D eigenvalue weighted by atomic mass is 35.5. The summed E-state index contributed by atoms with van der Waals surface area (Å²) in [4.78, 5) is 0. The fourth-order valence-electron chi connectivity index (χ4n) is 0.498. The van der Waals surface area contributed by atoms with Crippen LogP contribution in [-0.4, -0.2) is 13.6 Å². The van der Waals surface area contributed by atoms with Gasteiger partial charge < -0.3 is 0 Å². The molecule has 6 heteroatoms. The predicted molar refractivity (Wildman–Crippen MR) is 58.2 cm³/mol. The van der Waals surface area contributed by atoms with Gasteiger partial charge in [-0.15, -0.1) is 11.8 Å². The molecule has 0 aromatic rings. The molecule has 0 aliphatic rings. The number of hydrogen-bond acceptors (Lipinski definition) is 3. The van der Waals surface area contributed by atoms with Crippen LogP contribution in [0, 0.1) is 0 Å². The second-order valence-electron chi connectivity index (χ2n) is 3.03. The van der Waals surface area contributed by atoms with Crippen LogP contribution in [0.3, 0.4) is 0 Å². The SMILES string of the molecule is CC(C)(C)SC(Cl)(SF)SCF. The van der Waals surface area contributed by atoms with Crippen molar-refractivity contribution in [2.24, 2.45) is 0 Å². The monoisotopic (exact) mass is 252 g/mol. The molecule has 0 saturated carbocycles. The van der Waals surface area contributed by atoms with E-state index in [4.69, 9.17) is 11.6 Å². The Morgan fingerprint density at radius 2 is 1.83 bits per heavy atom. The zero-order chi connectivity index (χ0) is 9.83. The highest BCUT2D eigenvalue weighted by Crippen LogP contribution is 2.55. The Labute approximate surface area is 89.9 Å². The van der Waals surface area contributed by atoms with Crippen LogP contribution >= 0.6 is 47.3 Å². The molecule has 0 radical (unpaired) electrons. The third-order valence-electron chi connectivity index (χ3n) is 0.747. The third kappa shape index (κ3) is 5.78. The van der Waals surface area contributed by atoms with Crippen molar-refractivity contribution < 1.29 is 8.28 Å². The highest BCUT2D eigenvalue weighted by molar-refractivity contribution is 8.34. The van der Waals surface area contributed by atoms with Gasteiger partial charge in [0, 0.05) is 4.75 Å². The summed E-state index contributed by atoms with van der Waals surface area (Å²) in [5.41, 5.74) is 0. The Bertz CT molecular complexity index is 139. The number of thioether (sulfide) groups is 2. The van der Waals surface area contributed by atoms with Crippen LogP contribution in [0.15, 0.2) is 0 Å². The van der Waals surface area contributed by atoms with E-state index in [9.17, 15) is 8.28 Å². The second-order valence-corrected chi connectivity index (χ2v) is 8.97. The maximum Gasteiger partial charge on any atom is 0.214 e. The second kappa shape index (κ2) is 5.17. The van der Waals surface area contributed by atoms with E-state index in [0.717, 1.165) is 11.8 Å². The van der Waals surface area contributed by atoms with Crippen molar-refractivity contribution >= 4 is 47.3 Å². The Balaban J connectivity index is 4.14. The summed E-state index contributed by atoms with van der Waals surface area (Å²) in [6.07, 6.45) is 0. The van der Waals surface area contributed by atoms with E-state index in [2.05, 4.69) is 0 Å². The van der Waals surface area contributed by atoms with Gasteiger partial charge in [-0.1, -0.05) is 44.1 Å². The molecule has 74 valence electrons. The van der Waals surface area contributed by atoms with Crippen LogP contribution < -0.4 is 0 Å². The number of alkyl halides is 2. The molecule has 0 aliphatic carbocycles. The van der Waals surface area contributed by atoms with Crippen molar-refractivity contribution in [3.63, 3.8) is 0 Å². The van der Waals surface area contributed by atoms with E-state index in [1.165, 1.54) is 11.8 Å². The molecule has 0 spiro atoms. The molecule has 0 saturated heterocycles. The molecule has 1 atom stereocenters. The minimum Gasteiger partial charge on any atom is -0.239 e. The van der Waals surface area contributed by atoms with Crippen molar-refractivity contribution in [3.05, 3.63) is 0 Å². The lowest BCUT2D eigenvalue weighted by Gasteiger charge is -2.27. The number of hydrogen-bond donors (Lipinski definition) is 0. The van der Waals surface area contributed by atoms with Crippen LogP contribution in [0.4, 0.5) is 8.28 Å². The first kappa shape index (κ1) is 13.2. The van der Waals surface area contributed by atoms with Gasteiger partial charge in [0.05, 0.1) is 12.1 Å². The molecule has 12 heavy (non-hydrogen) atoms. The molecular weight excluding hydrogens is 242 g/mol. The van der Waals surface area contributed by atoms with E-state index < -0.39 is 8.88 Å². The van der Waals surface area contributed by atoms with Gasteiger partial charge in [-0.2, -0.15) is 3.89 Å². The Morgan fingerprint density at radius 1 is 1.33 bits per heavy atom. The molecule has 0 aromatic heterocycles.